The molecule has 0 aliphatic rings. The molecule has 8 rings (SSSR count). The molecule has 0 fully saturated rings. The quantitative estimate of drug-likeness (QED) is 0.0412. The molecule has 3 nitrogen and oxygen atoms in total. The van der Waals surface area contributed by atoms with E-state index < -0.39 is 17.9 Å². The number of aliphatic hydroxyl groups is 1. The van der Waals surface area contributed by atoms with E-state index in [9.17, 15) is 9.90 Å². The second-order valence-corrected chi connectivity index (χ2v) is 24.4. The zero-order valence-corrected chi connectivity index (χ0v) is 45.2. The number of esters is 1. The van der Waals surface area contributed by atoms with Crippen LogP contribution in [0.25, 0.3) is 0 Å². The first-order valence-corrected chi connectivity index (χ1v) is 26.7. The van der Waals surface area contributed by atoms with E-state index in [2.05, 4.69) is 81.2 Å². The first-order chi connectivity index (χ1) is 31.2. The Morgan fingerprint density at radius 2 is 0.776 bits per heavy atom. The number of carbonyl (C=O) groups excluding carboxylic acids is 1. The Balaban J connectivity index is 0.000000313. The van der Waals surface area contributed by atoms with Gasteiger partial charge in [-0.2, -0.15) is 47.5 Å². The Morgan fingerprint density at radius 3 is 1.07 bits per heavy atom. The van der Waals surface area contributed by atoms with Crippen molar-refractivity contribution in [1.82, 2.24) is 0 Å². The van der Waals surface area contributed by atoms with E-state index in [1.807, 2.05) is 178 Å². The van der Waals surface area contributed by atoms with Crippen LogP contribution in [-0.4, -0.2) is 48.1 Å². The molecule has 0 heterocycles. The van der Waals surface area contributed by atoms with Crippen molar-refractivity contribution in [2.45, 2.75) is 57.8 Å². The van der Waals surface area contributed by atoms with Gasteiger partial charge in [0.25, 0.3) is 0 Å². The number of hydrogen-bond donors (Lipinski definition) is 1. The van der Waals surface area contributed by atoms with Gasteiger partial charge in [0, 0.05) is 0 Å². The molecule has 1 N–H and O–H groups in total. The second kappa shape index (κ2) is 29.9. The molecule has 342 valence electrons. The average molecular weight is 1020 g/mol. The number of ether oxygens (including phenoxy) is 1. The van der Waals surface area contributed by atoms with E-state index in [0.717, 1.165) is 38.9 Å². The fraction of sp³-hybridized carbons (Fsp3) is 0.169. The Bertz CT molecular complexity index is 2280. The number of aryl methyl sites for hydroxylation is 3. The van der Waals surface area contributed by atoms with Crippen LogP contribution in [-0.2, 0) is 15.2 Å². The number of carbonyl (C=O) groups is 1. The SMILES string of the molecule is CCOC(=O)c1ccc(C)cc1.C[Si](C)(C)Cl.Cc1ccc(C(Cl)(c2ccccc2)c2ccccc2)cc1.Cc1ccc(C(O)(c2ccccc2)c2ccccc2)cc1.[Br-].[Mg+2].[c-]1ccccc1. The van der Waals surface area contributed by atoms with Gasteiger partial charge in [-0.1, -0.05) is 218 Å². The molecule has 0 atom stereocenters. The topological polar surface area (TPSA) is 46.5 Å². The molecule has 67 heavy (non-hydrogen) atoms. The molecular formula is C59H61BrCl2MgO3Si. The van der Waals surface area contributed by atoms with Crippen molar-refractivity contribution in [2.75, 3.05) is 6.61 Å². The van der Waals surface area contributed by atoms with E-state index in [1.54, 1.807) is 19.1 Å². The largest absolute Gasteiger partial charge is 2.00 e. The summed E-state index contributed by atoms with van der Waals surface area (Å²) in [5, 5.41) is 11.5. The van der Waals surface area contributed by atoms with Gasteiger partial charge in [0.15, 0.2) is 0 Å². The van der Waals surface area contributed by atoms with Crippen LogP contribution < -0.4 is 17.0 Å². The van der Waals surface area contributed by atoms with Crippen molar-refractivity contribution in [3.8, 4) is 0 Å². The summed E-state index contributed by atoms with van der Waals surface area (Å²) in [5.41, 5.74) is 8.93. The van der Waals surface area contributed by atoms with Crippen LogP contribution in [0.3, 0.4) is 0 Å². The fourth-order valence-electron chi connectivity index (χ4n) is 6.52. The summed E-state index contributed by atoms with van der Waals surface area (Å²) in [6.07, 6.45) is 0. The van der Waals surface area contributed by atoms with Crippen molar-refractivity contribution in [3.05, 3.63) is 286 Å². The smallest absolute Gasteiger partial charge is 1.00 e. The zero-order valence-electron chi connectivity index (χ0n) is 39.7. The van der Waals surface area contributed by atoms with Gasteiger partial charge in [-0.05, 0) is 73.2 Å². The molecule has 0 spiro atoms. The molecule has 0 aliphatic carbocycles. The summed E-state index contributed by atoms with van der Waals surface area (Å²) in [7, 11) is -1.14. The van der Waals surface area contributed by atoms with Crippen molar-refractivity contribution < 1.29 is 31.6 Å². The summed E-state index contributed by atoms with van der Waals surface area (Å²) in [6.45, 7) is 14.6. The molecular weight excluding hydrogens is 960 g/mol. The van der Waals surface area contributed by atoms with Crippen molar-refractivity contribution in [3.63, 3.8) is 0 Å². The Kier molecular flexibility index (Phi) is 26.0. The number of alkyl halides is 1. The predicted molar refractivity (Wildman–Crippen MR) is 283 cm³/mol. The Morgan fingerprint density at radius 1 is 0.507 bits per heavy atom. The van der Waals surface area contributed by atoms with E-state index in [1.165, 1.54) is 11.1 Å². The average Bonchev–Trinajstić information content (AvgIpc) is 3.33. The Hall–Kier alpha value is -4.77. The maximum atomic E-state index is 11.5. The minimum atomic E-state index is -1.14. The van der Waals surface area contributed by atoms with Crippen LogP contribution in [0.2, 0.25) is 19.6 Å². The predicted octanol–water partition coefficient (Wildman–Crippen LogP) is 12.1. The first-order valence-electron chi connectivity index (χ1n) is 21.8. The first kappa shape index (κ1) is 58.4. The molecule has 0 saturated heterocycles. The number of halogens is 3. The summed E-state index contributed by atoms with van der Waals surface area (Å²) >= 11 is 12.8. The molecule has 0 unspecified atom stereocenters. The Labute approximate surface area is 437 Å². The van der Waals surface area contributed by atoms with Crippen molar-refractivity contribution in [2.24, 2.45) is 0 Å². The zero-order chi connectivity index (χ0) is 47.1. The van der Waals surface area contributed by atoms with E-state index >= 15 is 0 Å². The van der Waals surface area contributed by atoms with E-state index in [4.69, 9.17) is 27.4 Å². The van der Waals surface area contributed by atoms with E-state index in [-0.39, 0.29) is 46.0 Å². The van der Waals surface area contributed by atoms with Gasteiger partial charge in [-0.25, -0.2) is 4.79 Å². The molecule has 0 saturated carbocycles. The van der Waals surface area contributed by atoms with Crippen LogP contribution in [0.4, 0.5) is 0 Å². The van der Waals surface area contributed by atoms with Gasteiger partial charge >= 0.3 is 29.0 Å². The van der Waals surface area contributed by atoms with Crippen LogP contribution in [0.1, 0.15) is 67.4 Å². The van der Waals surface area contributed by atoms with Crippen LogP contribution >= 0.6 is 22.7 Å². The molecule has 0 radical (unpaired) electrons. The molecule has 8 aromatic carbocycles. The second-order valence-electron chi connectivity index (χ2n) is 16.3. The molecule has 0 aliphatic heterocycles. The van der Waals surface area contributed by atoms with Gasteiger partial charge in [-0.15, -0.1) is 11.6 Å². The van der Waals surface area contributed by atoms with Crippen molar-refractivity contribution in [1.29, 1.82) is 0 Å². The van der Waals surface area contributed by atoms with Gasteiger partial charge in [-0.3, -0.25) is 0 Å². The summed E-state index contributed by atoms with van der Waals surface area (Å²) in [4.78, 5) is 10.5. The summed E-state index contributed by atoms with van der Waals surface area (Å²) in [6, 6.07) is 76.4. The third kappa shape index (κ3) is 19.0. The maximum Gasteiger partial charge on any atom is 2.00 e. The minimum Gasteiger partial charge on any atom is -1.00 e. The van der Waals surface area contributed by atoms with Crippen molar-refractivity contribution >= 4 is 59.1 Å². The van der Waals surface area contributed by atoms with Gasteiger partial charge in [0.2, 0.25) is 0 Å². The minimum absolute atomic E-state index is 0. The molecule has 0 aromatic heterocycles. The van der Waals surface area contributed by atoms with Crippen LogP contribution in [0, 0.1) is 26.8 Å². The standard InChI is InChI=1S/C20H17Cl.C20H18O.C10H12O2.C6H5.C3H9ClSi.BrH.Mg/c2*1-16-12-14-19(15-13-16)20(21,17-8-4-2-5-9-17)18-10-6-3-7-11-18;1-3-12-10(11)9-6-4-8(2)5-7-9;1-2-4-6-5-3-1;1-5(2,3)4;;/h2-15H,1H3;2-15,21H,1H3;4-7H,3H2,1-2H3;1-5H;1-3H3;1H;/q;;;-1;;;+2/p-1. The number of rotatable bonds is 8. The van der Waals surface area contributed by atoms with Gasteiger partial charge in [0.1, 0.15) is 17.9 Å². The van der Waals surface area contributed by atoms with Crippen LogP contribution in [0.5, 0.6) is 0 Å². The number of benzene rings is 8. The third-order valence-electron chi connectivity index (χ3n) is 9.81. The monoisotopic (exact) mass is 1020 g/mol. The van der Waals surface area contributed by atoms with E-state index in [0.29, 0.717) is 12.2 Å². The maximum absolute atomic E-state index is 11.5. The number of hydrogen-bond acceptors (Lipinski definition) is 3. The molecule has 8 heteroatoms. The molecule has 0 amide bonds. The third-order valence-corrected chi connectivity index (χ3v) is 10.5. The van der Waals surface area contributed by atoms with Crippen LogP contribution in [0.15, 0.2) is 224 Å². The summed E-state index contributed by atoms with van der Waals surface area (Å²) < 4.78 is 4.83. The molecule has 8 aromatic rings. The van der Waals surface area contributed by atoms with Gasteiger partial charge in [0.05, 0.1) is 12.2 Å². The summed E-state index contributed by atoms with van der Waals surface area (Å²) in [5.74, 6) is -0.252. The van der Waals surface area contributed by atoms with Gasteiger partial charge < -0.3 is 26.8 Å². The fourth-order valence-corrected chi connectivity index (χ4v) is 6.90. The molecule has 0 bridgehead atoms. The normalized spacial score (nSPS) is 10.4.